The van der Waals surface area contributed by atoms with Gasteiger partial charge in [-0.2, -0.15) is 0 Å². The topological polar surface area (TPSA) is 125 Å². The van der Waals surface area contributed by atoms with Crippen molar-refractivity contribution in [2.24, 2.45) is 5.92 Å². The number of fused-ring (bicyclic) bond motifs is 1. The minimum Gasteiger partial charge on any atom is -0.381 e. The predicted molar refractivity (Wildman–Crippen MR) is 115 cm³/mol. The molecule has 3 heterocycles. The summed E-state index contributed by atoms with van der Waals surface area (Å²) in [5.41, 5.74) is -1.31. The third-order valence-corrected chi connectivity index (χ3v) is 7.68. The first kappa shape index (κ1) is 22.0. The van der Waals surface area contributed by atoms with Gasteiger partial charge in [0.15, 0.2) is 5.76 Å². The molecule has 2 fully saturated rings. The lowest BCUT2D eigenvalue weighted by Crippen LogP contribution is -2.43. The second-order valence-electron chi connectivity index (χ2n) is 8.82. The number of rotatable bonds is 8. The Hall–Kier alpha value is -2.83. The highest BCUT2D eigenvalue weighted by Crippen LogP contribution is 2.37. The van der Waals surface area contributed by atoms with E-state index >= 15 is 0 Å². The van der Waals surface area contributed by atoms with E-state index in [1.807, 2.05) is 0 Å². The third kappa shape index (κ3) is 4.02. The van der Waals surface area contributed by atoms with Crippen molar-refractivity contribution in [3.05, 3.63) is 56.6 Å². The monoisotopic (exact) mass is 478 g/mol. The van der Waals surface area contributed by atoms with Gasteiger partial charge in [0.25, 0.3) is 5.56 Å². The number of hydrogen-bond acceptors (Lipinski definition) is 7. The number of alkyl halides is 1. The summed E-state index contributed by atoms with van der Waals surface area (Å²) in [6, 6.07) is 5.64. The summed E-state index contributed by atoms with van der Waals surface area (Å²) in [4.78, 5) is 26.4. The standard InChI is InChI=1S/C21H23FN4O6S/c1-13-6-15(32-23-13)9-26-19(27)17-7-16(33(29,30)24-21(12-22)4-5-21)2-3-18(17)25(20(26)28)8-14-10-31-11-14/h2-3,6-7,14,24H,4-5,8-12H2,1H3. The Labute approximate surface area is 188 Å². The zero-order valence-corrected chi connectivity index (χ0v) is 18.7. The zero-order chi connectivity index (χ0) is 23.4. The Morgan fingerprint density at radius 2 is 1.97 bits per heavy atom. The zero-order valence-electron chi connectivity index (χ0n) is 17.9. The van der Waals surface area contributed by atoms with E-state index in [0.29, 0.717) is 49.6 Å². The molecule has 1 saturated carbocycles. The molecule has 0 amide bonds. The molecule has 3 aromatic rings. The van der Waals surface area contributed by atoms with Gasteiger partial charge in [0.05, 0.1) is 46.8 Å². The highest BCUT2D eigenvalue weighted by molar-refractivity contribution is 7.89. The minimum atomic E-state index is -4.06. The van der Waals surface area contributed by atoms with E-state index < -0.39 is 33.5 Å². The Bertz CT molecular complexity index is 1450. The van der Waals surface area contributed by atoms with E-state index in [9.17, 15) is 22.4 Å². The molecule has 12 heteroatoms. The lowest BCUT2D eigenvalue weighted by molar-refractivity contribution is -0.0395. The molecule has 0 bridgehead atoms. The van der Waals surface area contributed by atoms with Crippen molar-refractivity contribution in [1.29, 1.82) is 0 Å². The van der Waals surface area contributed by atoms with Gasteiger partial charge in [-0.25, -0.2) is 22.3 Å². The van der Waals surface area contributed by atoms with Gasteiger partial charge >= 0.3 is 5.69 Å². The maximum absolute atomic E-state index is 13.3. The van der Waals surface area contributed by atoms with Crippen LogP contribution in [-0.4, -0.2) is 48.1 Å². The first-order valence-corrected chi connectivity index (χ1v) is 12.1. The number of nitrogens with zero attached hydrogens (tertiary/aromatic N) is 3. The molecule has 0 spiro atoms. The van der Waals surface area contributed by atoms with Crippen LogP contribution in [-0.2, 0) is 27.8 Å². The van der Waals surface area contributed by atoms with Gasteiger partial charge in [-0.05, 0) is 38.0 Å². The first-order chi connectivity index (χ1) is 15.7. The normalized spacial score (nSPS) is 17.9. The summed E-state index contributed by atoms with van der Waals surface area (Å²) >= 11 is 0. The molecule has 33 heavy (non-hydrogen) atoms. The maximum Gasteiger partial charge on any atom is 0.331 e. The van der Waals surface area contributed by atoms with Crippen LogP contribution in [0, 0.1) is 12.8 Å². The summed E-state index contributed by atoms with van der Waals surface area (Å²) < 4.78 is 54.3. The largest absolute Gasteiger partial charge is 0.381 e. The van der Waals surface area contributed by atoms with Crippen molar-refractivity contribution in [3.63, 3.8) is 0 Å². The summed E-state index contributed by atoms with van der Waals surface area (Å²) in [5.74, 6) is 0.433. The van der Waals surface area contributed by atoms with Gasteiger partial charge in [-0.1, -0.05) is 5.16 Å². The number of hydrogen-bond donors (Lipinski definition) is 1. The molecule has 0 radical (unpaired) electrons. The first-order valence-electron chi connectivity index (χ1n) is 10.6. The van der Waals surface area contributed by atoms with E-state index in [1.165, 1.54) is 22.8 Å². The van der Waals surface area contributed by atoms with Gasteiger partial charge in [0, 0.05) is 18.5 Å². The van der Waals surface area contributed by atoms with Crippen LogP contribution in [0.25, 0.3) is 10.9 Å². The lowest BCUT2D eigenvalue weighted by Gasteiger charge is -2.27. The average Bonchev–Trinajstić information content (AvgIpc) is 3.40. The Kier molecular flexibility index (Phi) is 5.26. The maximum atomic E-state index is 13.3. The lowest BCUT2D eigenvalue weighted by atomic mass is 10.1. The van der Waals surface area contributed by atoms with Crippen molar-refractivity contribution in [2.45, 2.75) is 43.3 Å². The van der Waals surface area contributed by atoms with Crippen LogP contribution in [0.3, 0.4) is 0 Å². The van der Waals surface area contributed by atoms with Crippen LogP contribution in [0.15, 0.2) is 43.3 Å². The molecule has 10 nitrogen and oxygen atoms in total. The second-order valence-corrected chi connectivity index (χ2v) is 10.5. The fraction of sp³-hybridized carbons (Fsp3) is 0.476. The van der Waals surface area contributed by atoms with Crippen LogP contribution < -0.4 is 16.0 Å². The minimum absolute atomic E-state index is 0.0686. The molecule has 0 atom stereocenters. The predicted octanol–water partition coefficient (Wildman–Crippen LogP) is 0.935. The molecule has 2 aliphatic rings. The molecule has 176 valence electrons. The number of sulfonamides is 1. The van der Waals surface area contributed by atoms with Crippen LogP contribution in [0.1, 0.15) is 24.3 Å². The van der Waals surface area contributed by atoms with Crippen LogP contribution >= 0.6 is 0 Å². The number of halogens is 1. The molecular formula is C21H23FN4O6S. The highest BCUT2D eigenvalue weighted by Gasteiger charge is 2.46. The average molecular weight is 479 g/mol. The summed E-state index contributed by atoms with van der Waals surface area (Å²) in [6.07, 6.45) is 0.839. The van der Waals surface area contributed by atoms with E-state index in [4.69, 9.17) is 9.26 Å². The van der Waals surface area contributed by atoms with Crippen molar-refractivity contribution in [1.82, 2.24) is 19.0 Å². The van der Waals surface area contributed by atoms with E-state index in [1.54, 1.807) is 13.0 Å². The summed E-state index contributed by atoms with van der Waals surface area (Å²) in [6.45, 7) is 2.09. The van der Waals surface area contributed by atoms with E-state index in [0.717, 1.165) is 4.57 Å². The van der Waals surface area contributed by atoms with Crippen molar-refractivity contribution in [3.8, 4) is 0 Å². The van der Waals surface area contributed by atoms with Gasteiger partial charge < -0.3 is 9.26 Å². The molecule has 1 aromatic carbocycles. The molecule has 1 N–H and O–H groups in total. The number of aromatic nitrogens is 3. The SMILES string of the molecule is Cc1cc(Cn2c(=O)c3cc(S(=O)(=O)NC4(CF)CC4)ccc3n(CC3COC3)c2=O)on1. The fourth-order valence-corrected chi connectivity index (χ4v) is 5.41. The van der Waals surface area contributed by atoms with Gasteiger partial charge in [-0.15, -0.1) is 0 Å². The van der Waals surface area contributed by atoms with Crippen LogP contribution in [0.5, 0.6) is 0 Å². The van der Waals surface area contributed by atoms with Gasteiger partial charge in [-0.3, -0.25) is 13.9 Å². The highest BCUT2D eigenvalue weighted by atomic mass is 32.2. The molecule has 1 saturated heterocycles. The van der Waals surface area contributed by atoms with Crippen molar-refractivity contribution >= 4 is 20.9 Å². The Morgan fingerprint density at radius 3 is 2.55 bits per heavy atom. The van der Waals surface area contributed by atoms with Crippen molar-refractivity contribution < 1.29 is 22.1 Å². The number of ether oxygens (including phenoxy) is 1. The van der Waals surface area contributed by atoms with E-state index in [-0.39, 0.29) is 22.7 Å². The van der Waals surface area contributed by atoms with E-state index in [2.05, 4.69) is 9.88 Å². The number of benzene rings is 1. The molecule has 0 unspecified atom stereocenters. The summed E-state index contributed by atoms with van der Waals surface area (Å²) in [5, 5.41) is 3.86. The number of aryl methyl sites for hydroxylation is 1. The fourth-order valence-electron chi connectivity index (χ4n) is 3.94. The third-order valence-electron chi connectivity index (χ3n) is 6.11. The smallest absolute Gasteiger partial charge is 0.331 e. The van der Waals surface area contributed by atoms with Crippen molar-refractivity contribution in [2.75, 3.05) is 19.9 Å². The Balaban J connectivity index is 1.64. The molecule has 1 aliphatic heterocycles. The molecule has 1 aliphatic carbocycles. The Morgan fingerprint density at radius 1 is 1.21 bits per heavy atom. The molecule has 2 aromatic heterocycles. The second kappa shape index (κ2) is 7.89. The molecular weight excluding hydrogens is 455 g/mol. The quantitative estimate of drug-likeness (QED) is 0.511. The van der Waals surface area contributed by atoms with Crippen LogP contribution in [0.4, 0.5) is 4.39 Å². The van der Waals surface area contributed by atoms with Gasteiger partial charge in [0.1, 0.15) is 6.67 Å². The number of nitrogens with one attached hydrogen (secondary N) is 1. The summed E-state index contributed by atoms with van der Waals surface area (Å²) in [7, 11) is -4.06. The van der Waals surface area contributed by atoms with Crippen LogP contribution in [0.2, 0.25) is 0 Å². The van der Waals surface area contributed by atoms with Gasteiger partial charge in [0.2, 0.25) is 10.0 Å². The molecule has 5 rings (SSSR count).